The van der Waals surface area contributed by atoms with E-state index < -0.39 is 12.1 Å². The number of rotatable bonds is 11. The van der Waals surface area contributed by atoms with Gasteiger partial charge in [0.25, 0.3) is 0 Å². The first kappa shape index (κ1) is 21.2. The Labute approximate surface area is 165 Å². The molecule has 1 amide bonds. The van der Waals surface area contributed by atoms with E-state index in [9.17, 15) is 9.59 Å². The molecule has 0 heterocycles. The summed E-state index contributed by atoms with van der Waals surface area (Å²) in [5, 5.41) is 2.54. The molecular formula is C22H26N2O4. The van der Waals surface area contributed by atoms with E-state index >= 15 is 0 Å². The number of ether oxygens (including phenoxy) is 2. The van der Waals surface area contributed by atoms with Gasteiger partial charge in [-0.05, 0) is 11.1 Å². The number of carbonyl (C=O) groups excluding carboxylic acids is 2. The van der Waals surface area contributed by atoms with E-state index in [1.54, 1.807) is 0 Å². The van der Waals surface area contributed by atoms with Gasteiger partial charge in [-0.25, -0.2) is 9.59 Å². The van der Waals surface area contributed by atoms with Gasteiger partial charge in [-0.1, -0.05) is 67.2 Å². The molecule has 0 aliphatic carbocycles. The molecule has 0 unspecified atom stereocenters. The molecule has 0 saturated carbocycles. The van der Waals surface area contributed by atoms with Gasteiger partial charge < -0.3 is 14.8 Å². The fourth-order valence-corrected chi connectivity index (χ4v) is 2.58. The Balaban J connectivity index is 1.77. The fourth-order valence-electron chi connectivity index (χ4n) is 2.58. The first-order valence-corrected chi connectivity index (χ1v) is 9.17. The van der Waals surface area contributed by atoms with Crippen molar-refractivity contribution in [3.8, 4) is 0 Å². The van der Waals surface area contributed by atoms with Crippen LogP contribution in [0, 0.1) is 0 Å². The Kier molecular flexibility index (Phi) is 9.31. The minimum atomic E-state index is -0.533. The molecule has 6 heteroatoms. The molecule has 0 atom stereocenters. The number of benzene rings is 2. The van der Waals surface area contributed by atoms with Crippen LogP contribution in [0.2, 0.25) is 0 Å². The zero-order valence-corrected chi connectivity index (χ0v) is 15.9. The first-order valence-electron chi connectivity index (χ1n) is 9.17. The van der Waals surface area contributed by atoms with Crippen LogP contribution in [0.1, 0.15) is 11.1 Å². The average Bonchev–Trinajstić information content (AvgIpc) is 2.72. The molecule has 2 aromatic rings. The van der Waals surface area contributed by atoms with Crippen molar-refractivity contribution >= 4 is 12.1 Å². The molecule has 28 heavy (non-hydrogen) atoms. The van der Waals surface area contributed by atoms with Gasteiger partial charge in [0.05, 0.1) is 6.54 Å². The lowest BCUT2D eigenvalue weighted by Gasteiger charge is -2.22. The second-order valence-corrected chi connectivity index (χ2v) is 6.12. The third-order valence-electron chi connectivity index (χ3n) is 3.92. The summed E-state index contributed by atoms with van der Waals surface area (Å²) in [4.78, 5) is 24.9. The second-order valence-electron chi connectivity index (χ2n) is 6.12. The van der Waals surface area contributed by atoms with E-state index in [1.165, 1.54) is 11.1 Å². The monoisotopic (exact) mass is 382 g/mol. The van der Waals surface area contributed by atoms with Gasteiger partial charge in [-0.15, -0.1) is 0 Å². The molecule has 0 aromatic heterocycles. The summed E-state index contributed by atoms with van der Waals surface area (Å²) in [6.07, 6.45) is 0.542. The Hall–Kier alpha value is -3.12. The molecule has 0 spiro atoms. The summed E-state index contributed by atoms with van der Waals surface area (Å²) < 4.78 is 10.0. The predicted octanol–water partition coefficient (Wildman–Crippen LogP) is 3.14. The van der Waals surface area contributed by atoms with E-state index in [0.29, 0.717) is 6.54 Å². The van der Waals surface area contributed by atoms with E-state index in [2.05, 4.69) is 41.1 Å². The van der Waals surface area contributed by atoms with E-state index in [-0.39, 0.29) is 19.8 Å². The highest BCUT2D eigenvalue weighted by Crippen LogP contribution is 2.09. The van der Waals surface area contributed by atoms with E-state index in [4.69, 9.17) is 9.47 Å². The summed E-state index contributed by atoms with van der Waals surface area (Å²) in [6.45, 7) is 5.95. The van der Waals surface area contributed by atoms with Gasteiger partial charge in [-0.2, -0.15) is 0 Å². The van der Waals surface area contributed by atoms with Crippen molar-refractivity contribution in [1.82, 2.24) is 10.2 Å². The van der Waals surface area contributed by atoms with Crippen molar-refractivity contribution in [2.45, 2.75) is 13.1 Å². The van der Waals surface area contributed by atoms with Crippen LogP contribution in [0.15, 0.2) is 73.3 Å². The lowest BCUT2D eigenvalue weighted by molar-refractivity contribution is -0.137. The van der Waals surface area contributed by atoms with Crippen molar-refractivity contribution < 1.29 is 19.1 Å². The minimum absolute atomic E-state index is 0.0775. The van der Waals surface area contributed by atoms with Crippen LogP contribution in [0.4, 0.5) is 4.79 Å². The van der Waals surface area contributed by atoms with Crippen LogP contribution < -0.4 is 5.32 Å². The number of esters is 1. The van der Waals surface area contributed by atoms with Crippen LogP contribution in [-0.4, -0.2) is 43.3 Å². The summed E-state index contributed by atoms with van der Waals surface area (Å²) in [5.74, 6) is -0.521. The number of amides is 1. The Morgan fingerprint density at radius 1 is 0.893 bits per heavy atom. The van der Waals surface area contributed by atoms with Crippen LogP contribution in [0.25, 0.3) is 0 Å². The highest BCUT2D eigenvalue weighted by atomic mass is 16.6. The third kappa shape index (κ3) is 8.51. The Morgan fingerprint density at radius 3 is 2.00 bits per heavy atom. The summed E-state index contributed by atoms with van der Waals surface area (Å²) in [7, 11) is 0. The zero-order valence-electron chi connectivity index (χ0n) is 15.9. The Morgan fingerprint density at radius 2 is 1.46 bits per heavy atom. The molecule has 2 rings (SSSR count). The standard InChI is InChI=1S/C22H26N2O4/c1-2-21(25)27-15-13-23-22(26)28-16-14-24(17-19-9-5-3-6-10-19)18-20-11-7-4-8-12-20/h2-12H,1,13-18H2,(H,23,26). The normalized spacial score (nSPS) is 10.3. The maximum atomic E-state index is 11.7. The topological polar surface area (TPSA) is 67.9 Å². The van der Waals surface area contributed by atoms with Crippen LogP contribution >= 0.6 is 0 Å². The number of alkyl carbamates (subject to hydrolysis) is 1. The summed E-state index contributed by atoms with van der Waals surface area (Å²) in [5.41, 5.74) is 2.40. The molecule has 0 bridgehead atoms. The van der Waals surface area contributed by atoms with Crippen molar-refractivity contribution in [3.63, 3.8) is 0 Å². The highest BCUT2D eigenvalue weighted by Gasteiger charge is 2.09. The molecule has 0 aliphatic rings. The molecule has 0 fully saturated rings. The van der Waals surface area contributed by atoms with Crippen molar-refractivity contribution in [2.24, 2.45) is 0 Å². The van der Waals surface area contributed by atoms with Crippen LogP contribution in [0.3, 0.4) is 0 Å². The molecule has 0 saturated heterocycles. The average molecular weight is 382 g/mol. The van der Waals surface area contributed by atoms with Gasteiger partial charge in [0.1, 0.15) is 13.2 Å². The fraction of sp³-hybridized carbons (Fsp3) is 0.273. The quantitative estimate of drug-likeness (QED) is 0.367. The van der Waals surface area contributed by atoms with Gasteiger partial charge in [0, 0.05) is 25.7 Å². The predicted molar refractivity (Wildman–Crippen MR) is 108 cm³/mol. The van der Waals surface area contributed by atoms with Crippen molar-refractivity contribution in [1.29, 1.82) is 0 Å². The minimum Gasteiger partial charge on any atom is -0.461 e. The SMILES string of the molecule is C=CC(=O)OCCNC(=O)OCCN(Cc1ccccc1)Cc1ccccc1. The first-order chi connectivity index (χ1) is 13.7. The van der Waals surface area contributed by atoms with Crippen molar-refractivity contribution in [2.75, 3.05) is 26.3 Å². The van der Waals surface area contributed by atoms with Gasteiger partial charge in [0.2, 0.25) is 0 Å². The Bertz CT molecular complexity index is 693. The molecule has 148 valence electrons. The number of carbonyl (C=O) groups is 2. The number of nitrogens with one attached hydrogen (secondary N) is 1. The van der Waals surface area contributed by atoms with Gasteiger partial charge in [0.15, 0.2) is 0 Å². The van der Waals surface area contributed by atoms with E-state index in [0.717, 1.165) is 19.2 Å². The number of hydrogen-bond acceptors (Lipinski definition) is 5. The van der Waals surface area contributed by atoms with Crippen molar-refractivity contribution in [3.05, 3.63) is 84.4 Å². The number of hydrogen-bond donors (Lipinski definition) is 1. The molecule has 1 N–H and O–H groups in total. The molecular weight excluding hydrogens is 356 g/mol. The molecule has 2 aromatic carbocycles. The number of nitrogens with zero attached hydrogens (tertiary/aromatic N) is 1. The van der Waals surface area contributed by atoms with Crippen LogP contribution in [0.5, 0.6) is 0 Å². The lowest BCUT2D eigenvalue weighted by atomic mass is 10.1. The van der Waals surface area contributed by atoms with E-state index in [1.807, 2.05) is 36.4 Å². The third-order valence-corrected chi connectivity index (χ3v) is 3.92. The molecule has 0 aliphatic heterocycles. The highest BCUT2D eigenvalue weighted by molar-refractivity contribution is 5.81. The molecule has 6 nitrogen and oxygen atoms in total. The zero-order chi connectivity index (χ0) is 20.0. The maximum Gasteiger partial charge on any atom is 0.407 e. The van der Waals surface area contributed by atoms with Crippen LogP contribution in [-0.2, 0) is 27.4 Å². The van der Waals surface area contributed by atoms with Gasteiger partial charge >= 0.3 is 12.1 Å². The molecule has 0 radical (unpaired) electrons. The largest absolute Gasteiger partial charge is 0.461 e. The summed E-state index contributed by atoms with van der Waals surface area (Å²) >= 11 is 0. The lowest BCUT2D eigenvalue weighted by Crippen LogP contribution is -2.32. The second kappa shape index (κ2) is 12.3. The smallest absolute Gasteiger partial charge is 0.407 e. The maximum absolute atomic E-state index is 11.7. The van der Waals surface area contributed by atoms with Gasteiger partial charge in [-0.3, -0.25) is 4.90 Å². The summed E-state index contributed by atoms with van der Waals surface area (Å²) in [6, 6.07) is 20.4.